The van der Waals surface area contributed by atoms with E-state index < -0.39 is 10.0 Å². The quantitative estimate of drug-likeness (QED) is 0.382. The molecule has 0 bridgehead atoms. The van der Waals surface area contributed by atoms with Crippen molar-refractivity contribution in [3.63, 3.8) is 0 Å². The van der Waals surface area contributed by atoms with Crippen molar-refractivity contribution < 1.29 is 22.7 Å². The van der Waals surface area contributed by atoms with E-state index in [1.54, 1.807) is 19.2 Å². The van der Waals surface area contributed by atoms with Gasteiger partial charge in [-0.15, -0.1) is 0 Å². The first-order chi connectivity index (χ1) is 17.4. The molecule has 4 heterocycles. The lowest BCUT2D eigenvalue weighted by molar-refractivity contribution is -0.137. The van der Waals surface area contributed by atoms with Crippen LogP contribution in [0.5, 0.6) is 0 Å². The van der Waals surface area contributed by atoms with Gasteiger partial charge in [0.2, 0.25) is 10.0 Å². The number of piperidine rings is 1. The summed E-state index contributed by atoms with van der Waals surface area (Å²) in [7, 11) is -2.06. The van der Waals surface area contributed by atoms with Crippen LogP contribution < -0.4 is 4.72 Å². The molecule has 9 heteroatoms. The fourth-order valence-electron chi connectivity index (χ4n) is 6.40. The number of aromatic nitrogens is 1. The highest BCUT2D eigenvalue weighted by molar-refractivity contribution is 7.89. The van der Waals surface area contributed by atoms with Crippen LogP contribution in [0.25, 0.3) is 16.6 Å². The molecule has 0 spiro atoms. The number of sulfonamides is 1. The Morgan fingerprint density at radius 1 is 1.22 bits per heavy atom. The topological polar surface area (TPSA) is 89.9 Å². The summed E-state index contributed by atoms with van der Waals surface area (Å²) in [4.78, 5) is 16.2. The monoisotopic (exact) mass is 515 g/mol. The molecule has 196 valence electrons. The molecule has 2 atom stereocenters. The first kappa shape index (κ1) is 25.4. The second kappa shape index (κ2) is 9.93. The molecular weight excluding hydrogens is 478 g/mol. The first-order valence-corrected chi connectivity index (χ1v) is 14.7. The molecule has 1 saturated heterocycles. The minimum Gasteiger partial charge on any atom is -0.461 e. The van der Waals surface area contributed by atoms with Gasteiger partial charge in [-0.25, -0.2) is 17.9 Å². The van der Waals surface area contributed by atoms with Gasteiger partial charge in [-0.05, 0) is 74.9 Å². The third kappa shape index (κ3) is 4.10. The number of fused-ring (bicyclic) bond motifs is 3. The maximum Gasteiger partial charge on any atom is 0.355 e. The summed E-state index contributed by atoms with van der Waals surface area (Å²) < 4.78 is 41.5. The Morgan fingerprint density at radius 2 is 2.06 bits per heavy atom. The van der Waals surface area contributed by atoms with Crippen LogP contribution in [0.1, 0.15) is 63.3 Å². The molecule has 1 fully saturated rings. The summed E-state index contributed by atoms with van der Waals surface area (Å²) in [6, 6.07) is 5.47. The van der Waals surface area contributed by atoms with Crippen molar-refractivity contribution >= 4 is 32.6 Å². The smallest absolute Gasteiger partial charge is 0.355 e. The maximum atomic E-state index is 13.4. The first-order valence-electron chi connectivity index (χ1n) is 13.2. The number of rotatable bonds is 10. The van der Waals surface area contributed by atoms with E-state index in [9.17, 15) is 13.2 Å². The Kier molecular flexibility index (Phi) is 7.02. The number of esters is 1. The number of benzene rings is 1. The molecule has 0 aliphatic carbocycles. The molecule has 0 unspecified atom stereocenters. The van der Waals surface area contributed by atoms with Crippen LogP contribution in [0.3, 0.4) is 0 Å². The Labute approximate surface area is 213 Å². The molecule has 0 amide bonds. The maximum absolute atomic E-state index is 13.4. The van der Waals surface area contributed by atoms with Crippen LogP contribution in [0.15, 0.2) is 29.2 Å². The van der Waals surface area contributed by atoms with Gasteiger partial charge >= 0.3 is 5.97 Å². The average molecular weight is 516 g/mol. The van der Waals surface area contributed by atoms with Gasteiger partial charge in [-0.2, -0.15) is 0 Å². The minimum absolute atomic E-state index is 0.129. The van der Waals surface area contributed by atoms with E-state index in [-0.39, 0.29) is 22.3 Å². The summed E-state index contributed by atoms with van der Waals surface area (Å²) in [5.41, 5.74) is 3.62. The van der Waals surface area contributed by atoms with Crippen LogP contribution in [0.4, 0.5) is 0 Å². The zero-order valence-electron chi connectivity index (χ0n) is 21.5. The second-order valence-corrected chi connectivity index (χ2v) is 11.9. The van der Waals surface area contributed by atoms with Gasteiger partial charge in [0.1, 0.15) is 5.70 Å². The molecule has 8 nitrogen and oxygen atoms in total. The van der Waals surface area contributed by atoms with Crippen LogP contribution >= 0.6 is 0 Å². The van der Waals surface area contributed by atoms with E-state index >= 15 is 0 Å². The van der Waals surface area contributed by atoms with E-state index in [4.69, 9.17) is 9.47 Å². The van der Waals surface area contributed by atoms with Gasteiger partial charge in [0, 0.05) is 43.3 Å². The Morgan fingerprint density at radius 3 is 2.81 bits per heavy atom. The number of nitrogens with zero attached hydrogens (tertiary/aromatic N) is 2. The van der Waals surface area contributed by atoms with Crippen molar-refractivity contribution in [2.24, 2.45) is 5.41 Å². The zero-order chi connectivity index (χ0) is 25.5. The average Bonchev–Trinajstić information content (AvgIpc) is 3.23. The van der Waals surface area contributed by atoms with Gasteiger partial charge in [-0.3, -0.25) is 4.90 Å². The lowest BCUT2D eigenvalue weighted by Gasteiger charge is -2.53. The zero-order valence-corrected chi connectivity index (χ0v) is 22.3. The van der Waals surface area contributed by atoms with Crippen LogP contribution in [0.2, 0.25) is 0 Å². The number of hydrogen-bond donors (Lipinski definition) is 1. The van der Waals surface area contributed by atoms with E-state index in [1.165, 1.54) is 0 Å². The highest BCUT2D eigenvalue weighted by Crippen LogP contribution is 2.57. The largest absolute Gasteiger partial charge is 0.461 e. The van der Waals surface area contributed by atoms with Crippen LogP contribution in [-0.4, -0.2) is 63.8 Å². The predicted octanol–water partition coefficient (Wildman–Crippen LogP) is 3.85. The fraction of sp³-hybridized carbons (Fsp3) is 0.593. The molecule has 0 saturated carbocycles. The normalized spacial score (nSPS) is 23.4. The van der Waals surface area contributed by atoms with E-state index in [0.717, 1.165) is 67.4 Å². The molecule has 36 heavy (non-hydrogen) atoms. The second-order valence-electron chi connectivity index (χ2n) is 10.2. The van der Waals surface area contributed by atoms with Crippen LogP contribution in [0, 0.1) is 5.41 Å². The summed E-state index contributed by atoms with van der Waals surface area (Å²) in [5, 5.41) is 0.913. The number of carbonyl (C=O) groups is 1. The van der Waals surface area contributed by atoms with Crippen molar-refractivity contribution in [2.45, 2.75) is 63.3 Å². The minimum atomic E-state index is -3.66. The highest BCUT2D eigenvalue weighted by atomic mass is 32.2. The molecule has 1 N–H and O–H groups in total. The third-order valence-corrected chi connectivity index (χ3v) is 9.55. The number of methoxy groups -OCH3 is 1. The highest BCUT2D eigenvalue weighted by Gasteiger charge is 2.51. The standard InChI is InChI=1S/C27H37N3O5S/c1-4-15-35-26(31)23-18-27(5-2)11-6-13-29-14-10-20-21-17-19(36(32,33)28-12-7-16-34-3)8-9-22(21)30(23)24(20)25(27)29/h8-9,17-18,25,28H,4-7,10-16H2,1-3H3/t25-,27+/m1/s1. The van der Waals surface area contributed by atoms with Gasteiger partial charge in [0.25, 0.3) is 0 Å². The Bertz CT molecular complexity index is 1300. The predicted molar refractivity (Wildman–Crippen MR) is 139 cm³/mol. The summed E-state index contributed by atoms with van der Waals surface area (Å²) >= 11 is 0. The number of nitrogens with one attached hydrogen (secondary N) is 1. The number of carbonyl (C=O) groups excluding carboxylic acids is 1. The van der Waals surface area contributed by atoms with E-state index in [2.05, 4.69) is 27.2 Å². The van der Waals surface area contributed by atoms with Crippen molar-refractivity contribution in [2.75, 3.05) is 40.0 Å². The van der Waals surface area contributed by atoms with Gasteiger partial charge in [0.05, 0.1) is 23.1 Å². The lowest BCUT2D eigenvalue weighted by atomic mass is 9.66. The fourth-order valence-corrected chi connectivity index (χ4v) is 7.50. The molecule has 3 aliphatic heterocycles. The SMILES string of the molecule is CCCOC(=O)C1=C[C@]2(CC)CCCN3CCc4c(n1c1ccc(S(=O)(=O)NCCCOC)cc41)[C@@H]32. The lowest BCUT2D eigenvalue weighted by Crippen LogP contribution is -2.51. The molecule has 2 aromatic rings. The summed E-state index contributed by atoms with van der Waals surface area (Å²) in [5.74, 6) is -0.304. The number of ether oxygens (including phenoxy) is 2. The van der Waals surface area contributed by atoms with E-state index in [0.29, 0.717) is 31.9 Å². The Balaban J connectivity index is 1.66. The third-order valence-electron chi connectivity index (χ3n) is 8.09. The summed E-state index contributed by atoms with van der Waals surface area (Å²) in [6.07, 6.45) is 7.44. The molecular formula is C27H37N3O5S. The van der Waals surface area contributed by atoms with Gasteiger partial charge in [-0.1, -0.05) is 13.8 Å². The molecule has 0 radical (unpaired) electrons. The van der Waals surface area contributed by atoms with Gasteiger partial charge < -0.3 is 14.0 Å². The van der Waals surface area contributed by atoms with Crippen LogP contribution in [-0.2, 0) is 30.7 Å². The van der Waals surface area contributed by atoms with Crippen molar-refractivity contribution in [1.82, 2.24) is 14.2 Å². The van der Waals surface area contributed by atoms with Crippen molar-refractivity contribution in [3.05, 3.63) is 35.5 Å². The Hall–Kier alpha value is -2.20. The molecule has 1 aromatic carbocycles. The van der Waals surface area contributed by atoms with Gasteiger partial charge in [0.15, 0.2) is 0 Å². The molecule has 1 aromatic heterocycles. The number of hydrogen-bond acceptors (Lipinski definition) is 6. The molecule has 5 rings (SSSR count). The van der Waals surface area contributed by atoms with Crippen molar-refractivity contribution in [1.29, 1.82) is 0 Å². The molecule has 3 aliphatic rings. The summed E-state index contributed by atoms with van der Waals surface area (Å²) in [6.45, 7) is 7.38. The van der Waals surface area contributed by atoms with Crippen molar-refractivity contribution in [3.8, 4) is 0 Å². The van der Waals surface area contributed by atoms with E-state index in [1.807, 2.05) is 13.0 Å².